The summed E-state index contributed by atoms with van der Waals surface area (Å²) >= 11 is 8.77. The van der Waals surface area contributed by atoms with E-state index >= 15 is 0 Å². The summed E-state index contributed by atoms with van der Waals surface area (Å²) in [6.45, 7) is 0.768. The maximum Gasteiger partial charge on any atom is 0.125 e. The maximum absolute atomic E-state index is 5.78. The van der Waals surface area contributed by atoms with Crippen molar-refractivity contribution in [2.24, 2.45) is 5.84 Å². The minimum absolute atomic E-state index is 0.0916. The zero-order valence-electron chi connectivity index (χ0n) is 10.7. The number of halogens is 2. The third kappa shape index (κ3) is 2.94. The minimum atomic E-state index is 0.0916. The van der Waals surface area contributed by atoms with Crippen LogP contribution in [0.15, 0.2) is 32.5 Å². The predicted octanol–water partition coefficient (Wildman–Crippen LogP) is 3.96. The van der Waals surface area contributed by atoms with Crippen LogP contribution in [0.3, 0.4) is 0 Å². The van der Waals surface area contributed by atoms with Gasteiger partial charge >= 0.3 is 0 Å². The topological polar surface area (TPSA) is 47.3 Å². The Labute approximate surface area is 138 Å². The maximum atomic E-state index is 5.78. The second kappa shape index (κ2) is 6.15. The average Bonchev–Trinajstić information content (AvgIpc) is 3.04. The number of hydrogen-bond acceptors (Lipinski definition) is 4. The van der Waals surface area contributed by atoms with Gasteiger partial charge in [-0.1, -0.05) is 15.9 Å². The molecule has 3 N–H and O–H groups in total. The number of thiophene rings is 1. The number of ether oxygens (including phenoxy) is 1. The third-order valence-corrected chi connectivity index (χ3v) is 5.58. The molecule has 20 heavy (non-hydrogen) atoms. The number of hydrogen-bond donors (Lipinski definition) is 2. The molecule has 0 saturated heterocycles. The Hall–Kier alpha value is -0.400. The fraction of sp³-hybridized carbons (Fsp3) is 0.286. The second-order valence-electron chi connectivity index (χ2n) is 4.72. The fourth-order valence-corrected chi connectivity index (χ4v) is 4.51. The molecule has 3 rings (SSSR count). The molecular formula is C14H14Br2N2OS. The molecule has 0 fully saturated rings. The lowest BCUT2D eigenvalue weighted by Gasteiger charge is -2.16. The molecule has 6 heteroatoms. The van der Waals surface area contributed by atoms with Crippen molar-refractivity contribution >= 4 is 43.2 Å². The summed E-state index contributed by atoms with van der Waals surface area (Å²) < 4.78 is 7.99. The van der Waals surface area contributed by atoms with Crippen LogP contribution in [0.25, 0.3) is 0 Å². The number of fused-ring (bicyclic) bond motifs is 1. The van der Waals surface area contributed by atoms with Crippen molar-refractivity contribution in [1.29, 1.82) is 0 Å². The van der Waals surface area contributed by atoms with Crippen LogP contribution in [0.2, 0.25) is 0 Å². The average molecular weight is 418 g/mol. The number of hydrazine groups is 1. The van der Waals surface area contributed by atoms with Gasteiger partial charge in [0.2, 0.25) is 0 Å². The highest BCUT2D eigenvalue weighted by atomic mass is 79.9. The van der Waals surface area contributed by atoms with E-state index in [4.69, 9.17) is 10.6 Å². The first kappa shape index (κ1) is 14.5. The van der Waals surface area contributed by atoms with E-state index < -0.39 is 0 Å². The van der Waals surface area contributed by atoms with E-state index in [1.165, 1.54) is 16.0 Å². The molecule has 1 aliphatic heterocycles. The zero-order valence-corrected chi connectivity index (χ0v) is 14.6. The van der Waals surface area contributed by atoms with Gasteiger partial charge in [-0.2, -0.15) is 0 Å². The van der Waals surface area contributed by atoms with Crippen molar-refractivity contribution in [3.05, 3.63) is 48.5 Å². The van der Waals surface area contributed by atoms with Gasteiger partial charge in [0.15, 0.2) is 0 Å². The summed E-state index contributed by atoms with van der Waals surface area (Å²) in [6.07, 6.45) is 1.79. The summed E-state index contributed by atoms with van der Waals surface area (Å²) in [4.78, 5) is 1.21. The Bertz CT molecular complexity index is 630. The van der Waals surface area contributed by atoms with Crippen LogP contribution in [0.1, 0.15) is 22.0 Å². The molecule has 0 spiro atoms. The van der Waals surface area contributed by atoms with Crippen molar-refractivity contribution in [1.82, 2.24) is 5.43 Å². The largest absolute Gasteiger partial charge is 0.493 e. The molecular weight excluding hydrogens is 404 g/mol. The van der Waals surface area contributed by atoms with Crippen LogP contribution >= 0.6 is 43.2 Å². The van der Waals surface area contributed by atoms with Gasteiger partial charge in [-0.05, 0) is 57.7 Å². The summed E-state index contributed by atoms with van der Waals surface area (Å²) in [6, 6.07) is 8.49. The summed E-state index contributed by atoms with van der Waals surface area (Å²) in [7, 11) is 0. The lowest BCUT2D eigenvalue weighted by atomic mass is 10.0. The zero-order chi connectivity index (χ0) is 14.1. The molecule has 0 saturated carbocycles. The van der Waals surface area contributed by atoms with Crippen molar-refractivity contribution in [2.45, 2.75) is 18.9 Å². The standard InChI is InChI=1S/C14H14Br2N2OS/c15-10-5-8-3-4-19-14(8)9(6-10)7-11(18-17)12-1-2-13(16)20-12/h1-2,5-6,11,18H,3-4,7,17H2. The van der Waals surface area contributed by atoms with Gasteiger partial charge < -0.3 is 4.74 Å². The molecule has 2 aromatic rings. The predicted molar refractivity (Wildman–Crippen MR) is 89.1 cm³/mol. The van der Waals surface area contributed by atoms with Gasteiger partial charge in [-0.15, -0.1) is 11.3 Å². The quantitative estimate of drug-likeness (QED) is 0.584. The molecule has 1 atom stereocenters. The first-order chi connectivity index (χ1) is 9.67. The summed E-state index contributed by atoms with van der Waals surface area (Å²) in [5.41, 5.74) is 5.38. The number of rotatable bonds is 4. The van der Waals surface area contributed by atoms with E-state index in [2.05, 4.69) is 55.5 Å². The molecule has 0 bridgehead atoms. The van der Waals surface area contributed by atoms with Crippen LogP contribution in [0.4, 0.5) is 0 Å². The molecule has 0 aliphatic carbocycles. The summed E-state index contributed by atoms with van der Waals surface area (Å²) in [5.74, 6) is 6.77. The Morgan fingerprint density at radius 3 is 2.90 bits per heavy atom. The lowest BCUT2D eigenvalue weighted by Crippen LogP contribution is -2.29. The molecule has 3 nitrogen and oxygen atoms in total. The van der Waals surface area contributed by atoms with Gasteiger partial charge in [0, 0.05) is 15.8 Å². The highest BCUT2D eigenvalue weighted by molar-refractivity contribution is 9.11. The number of nitrogens with two attached hydrogens (primary N) is 1. The van der Waals surface area contributed by atoms with Crippen molar-refractivity contribution < 1.29 is 4.74 Å². The van der Waals surface area contributed by atoms with Gasteiger partial charge in [0.25, 0.3) is 0 Å². The summed E-state index contributed by atoms with van der Waals surface area (Å²) in [5, 5.41) is 0. The van der Waals surface area contributed by atoms with E-state index in [9.17, 15) is 0 Å². The SMILES string of the molecule is NNC(Cc1cc(Br)cc2c1OCC2)c1ccc(Br)s1. The van der Waals surface area contributed by atoms with Crippen molar-refractivity contribution in [2.75, 3.05) is 6.61 Å². The number of nitrogens with one attached hydrogen (secondary N) is 1. The molecule has 2 heterocycles. The molecule has 0 amide bonds. The smallest absolute Gasteiger partial charge is 0.125 e. The molecule has 1 aliphatic rings. The third-order valence-electron chi connectivity index (χ3n) is 3.39. The monoisotopic (exact) mass is 416 g/mol. The van der Waals surface area contributed by atoms with E-state index in [-0.39, 0.29) is 6.04 Å². The van der Waals surface area contributed by atoms with Crippen LogP contribution in [0.5, 0.6) is 5.75 Å². The van der Waals surface area contributed by atoms with Crippen molar-refractivity contribution in [3.8, 4) is 5.75 Å². The van der Waals surface area contributed by atoms with Crippen LogP contribution in [0, 0.1) is 0 Å². The van der Waals surface area contributed by atoms with Gasteiger partial charge in [0.05, 0.1) is 16.4 Å². The lowest BCUT2D eigenvalue weighted by molar-refractivity contribution is 0.351. The minimum Gasteiger partial charge on any atom is -0.493 e. The Kier molecular flexibility index (Phi) is 4.47. The number of benzene rings is 1. The van der Waals surface area contributed by atoms with E-state index in [0.717, 1.165) is 33.5 Å². The first-order valence-corrected chi connectivity index (χ1v) is 8.73. The van der Waals surface area contributed by atoms with Crippen LogP contribution < -0.4 is 16.0 Å². The normalized spacial score (nSPS) is 14.9. The molecule has 106 valence electrons. The highest BCUT2D eigenvalue weighted by Gasteiger charge is 2.21. The Morgan fingerprint density at radius 2 is 2.20 bits per heavy atom. The van der Waals surface area contributed by atoms with E-state index in [1.807, 2.05) is 6.07 Å². The highest BCUT2D eigenvalue weighted by Crippen LogP contribution is 2.36. The first-order valence-electron chi connectivity index (χ1n) is 6.33. The molecule has 0 radical (unpaired) electrons. The van der Waals surface area contributed by atoms with Crippen molar-refractivity contribution in [3.63, 3.8) is 0 Å². The Morgan fingerprint density at radius 1 is 1.35 bits per heavy atom. The van der Waals surface area contributed by atoms with Gasteiger partial charge in [-0.25, -0.2) is 0 Å². The van der Waals surface area contributed by atoms with Crippen LogP contribution in [-0.4, -0.2) is 6.61 Å². The van der Waals surface area contributed by atoms with Crippen LogP contribution in [-0.2, 0) is 12.8 Å². The van der Waals surface area contributed by atoms with E-state index in [0.29, 0.717) is 0 Å². The molecule has 1 aromatic carbocycles. The Balaban J connectivity index is 1.90. The fourth-order valence-electron chi connectivity index (χ4n) is 2.47. The van der Waals surface area contributed by atoms with Gasteiger partial charge in [-0.3, -0.25) is 11.3 Å². The van der Waals surface area contributed by atoms with E-state index in [1.54, 1.807) is 11.3 Å². The molecule has 1 unspecified atom stereocenters. The molecule has 1 aromatic heterocycles. The van der Waals surface area contributed by atoms with Gasteiger partial charge in [0.1, 0.15) is 5.75 Å². The second-order valence-corrected chi connectivity index (χ2v) is 8.13.